The van der Waals surface area contributed by atoms with Gasteiger partial charge in [0.25, 0.3) is 0 Å². The molecule has 1 aliphatic heterocycles. The molecule has 2 unspecified atom stereocenters. The number of rotatable bonds is 6. The topological polar surface area (TPSA) is 77.5 Å². The Balaban J connectivity index is 1.31. The lowest BCUT2D eigenvalue weighted by Gasteiger charge is -2.33. The fraction of sp³-hybridized carbons (Fsp3) is 0.615. The van der Waals surface area contributed by atoms with Gasteiger partial charge in [-0.2, -0.15) is 0 Å². The number of carbonyl (C=O) groups is 1. The predicted molar refractivity (Wildman–Crippen MR) is 129 cm³/mol. The third-order valence-electron chi connectivity index (χ3n) is 7.27. The number of aryl methyl sites for hydroxylation is 1. The minimum absolute atomic E-state index is 0.181. The highest BCUT2D eigenvalue weighted by molar-refractivity contribution is 6.08. The number of nitrogens with zero attached hydrogens (tertiary/aromatic N) is 1. The molecule has 2 aliphatic carbocycles. The number of carbonyl (C=O) groups excluding carboxylic acids is 1. The van der Waals surface area contributed by atoms with Crippen LogP contribution < -0.4 is 10.6 Å². The van der Waals surface area contributed by atoms with Gasteiger partial charge in [-0.15, -0.1) is 0 Å². The quantitative estimate of drug-likeness (QED) is 0.585. The van der Waals surface area contributed by atoms with Crippen molar-refractivity contribution in [2.24, 2.45) is 5.92 Å². The Labute approximate surface area is 192 Å². The number of allylic oxidation sites excluding steroid dienone is 1. The van der Waals surface area contributed by atoms with Crippen LogP contribution in [0, 0.1) is 11.3 Å². The number of fused-ring (bicyclic) bond motifs is 2. The number of amides is 1. The fourth-order valence-corrected chi connectivity index (χ4v) is 5.40. The minimum atomic E-state index is -0.435. The molecule has 1 aromatic rings. The van der Waals surface area contributed by atoms with Crippen LogP contribution in [0.2, 0.25) is 0 Å². The zero-order chi connectivity index (χ0) is 22.9. The fourth-order valence-electron chi connectivity index (χ4n) is 5.40. The molecule has 0 radical (unpaired) electrons. The molecule has 174 valence electrons. The zero-order valence-corrected chi connectivity index (χ0v) is 20.0. The second-order valence-corrected chi connectivity index (χ2v) is 10.6. The predicted octanol–water partition coefficient (Wildman–Crippen LogP) is 4.09. The van der Waals surface area contributed by atoms with Gasteiger partial charge in [-0.1, -0.05) is 18.2 Å². The summed E-state index contributed by atoms with van der Waals surface area (Å²) in [7, 11) is 1.87. The first-order valence-electron chi connectivity index (χ1n) is 12.0. The summed E-state index contributed by atoms with van der Waals surface area (Å²) < 4.78 is 5.52. The molecule has 3 aliphatic rings. The van der Waals surface area contributed by atoms with E-state index in [0.29, 0.717) is 12.0 Å². The third kappa shape index (κ3) is 4.70. The van der Waals surface area contributed by atoms with E-state index < -0.39 is 5.60 Å². The number of nitrogens with one attached hydrogen (secondary N) is 3. The molecule has 1 amide bonds. The summed E-state index contributed by atoms with van der Waals surface area (Å²) >= 11 is 0. The number of benzene rings is 1. The summed E-state index contributed by atoms with van der Waals surface area (Å²) in [6.07, 6.45) is 8.77. The molecule has 6 nitrogen and oxygen atoms in total. The van der Waals surface area contributed by atoms with Crippen molar-refractivity contribution in [1.29, 1.82) is 5.41 Å². The molecule has 32 heavy (non-hydrogen) atoms. The van der Waals surface area contributed by atoms with Gasteiger partial charge in [-0.05, 0) is 82.0 Å². The van der Waals surface area contributed by atoms with Crippen molar-refractivity contribution in [3.05, 3.63) is 41.1 Å². The van der Waals surface area contributed by atoms with Gasteiger partial charge in [0.2, 0.25) is 0 Å². The zero-order valence-electron chi connectivity index (χ0n) is 20.0. The maximum absolute atomic E-state index is 12.3. The molecule has 6 heteroatoms. The summed E-state index contributed by atoms with van der Waals surface area (Å²) in [5.74, 6) is 0.613. The number of hydrogen-bond acceptors (Lipinski definition) is 5. The van der Waals surface area contributed by atoms with Gasteiger partial charge in [0, 0.05) is 49.6 Å². The monoisotopic (exact) mass is 438 g/mol. The molecule has 2 atom stereocenters. The Hall–Kier alpha value is -2.34. The van der Waals surface area contributed by atoms with Gasteiger partial charge in [-0.3, -0.25) is 0 Å². The van der Waals surface area contributed by atoms with E-state index in [0.717, 1.165) is 50.0 Å². The molecule has 3 N–H and O–H groups in total. The lowest BCUT2D eigenvalue weighted by atomic mass is 9.93. The van der Waals surface area contributed by atoms with Crippen LogP contribution >= 0.6 is 0 Å². The average molecular weight is 439 g/mol. The highest BCUT2D eigenvalue weighted by Gasteiger charge is 2.57. The number of ether oxygens (including phenoxy) is 1. The maximum Gasteiger partial charge on any atom is 0.410 e. The molecule has 1 spiro atoms. The summed E-state index contributed by atoms with van der Waals surface area (Å²) in [6.45, 7) is 8.34. The van der Waals surface area contributed by atoms with Crippen LogP contribution in [0.15, 0.2) is 24.4 Å². The van der Waals surface area contributed by atoms with Gasteiger partial charge in [0.05, 0.1) is 0 Å². The first kappa shape index (κ1) is 22.8. The second-order valence-electron chi connectivity index (χ2n) is 10.6. The molecule has 0 bridgehead atoms. The van der Waals surface area contributed by atoms with Crippen molar-refractivity contribution in [3.8, 4) is 0 Å². The van der Waals surface area contributed by atoms with E-state index in [1.807, 2.05) is 38.9 Å². The number of hydrogen-bond donors (Lipinski definition) is 3. The number of likely N-dealkylation sites (tertiary alicyclic amines) is 1. The average Bonchev–Trinajstić information content (AvgIpc) is 3.35. The highest BCUT2D eigenvalue weighted by atomic mass is 16.6. The molecule has 1 aromatic carbocycles. The van der Waals surface area contributed by atoms with Gasteiger partial charge in [-0.25, -0.2) is 4.79 Å². The number of piperidine rings is 1. The smallest absolute Gasteiger partial charge is 0.410 e. The Bertz CT molecular complexity index is 896. The van der Waals surface area contributed by atoms with Gasteiger partial charge in [0.15, 0.2) is 0 Å². The van der Waals surface area contributed by atoms with Gasteiger partial charge >= 0.3 is 6.09 Å². The Kier molecular flexibility index (Phi) is 6.35. The van der Waals surface area contributed by atoms with E-state index in [1.54, 1.807) is 0 Å². The largest absolute Gasteiger partial charge is 0.444 e. The van der Waals surface area contributed by atoms with Crippen molar-refractivity contribution in [2.75, 3.05) is 26.7 Å². The summed E-state index contributed by atoms with van der Waals surface area (Å²) in [4.78, 5) is 14.1. The maximum atomic E-state index is 12.3. The van der Waals surface area contributed by atoms with Crippen molar-refractivity contribution in [3.63, 3.8) is 0 Å². The summed E-state index contributed by atoms with van der Waals surface area (Å²) in [5, 5.41) is 14.6. The third-order valence-corrected chi connectivity index (χ3v) is 7.27. The first-order chi connectivity index (χ1) is 15.3. The van der Waals surface area contributed by atoms with Gasteiger partial charge < -0.3 is 25.7 Å². The van der Waals surface area contributed by atoms with Crippen LogP contribution in [-0.2, 0) is 16.6 Å². The molecule has 4 rings (SSSR count). The minimum Gasteiger partial charge on any atom is -0.444 e. The van der Waals surface area contributed by atoms with Crippen LogP contribution in [-0.4, -0.2) is 55.5 Å². The lowest BCUT2D eigenvalue weighted by molar-refractivity contribution is 0.0184. The molecule has 0 aromatic heterocycles. The first-order valence-corrected chi connectivity index (χ1v) is 12.0. The van der Waals surface area contributed by atoms with Crippen LogP contribution in [0.1, 0.15) is 63.1 Å². The van der Waals surface area contributed by atoms with Crippen molar-refractivity contribution in [1.82, 2.24) is 15.5 Å². The molecule has 1 saturated heterocycles. The molecular weight excluding hydrogens is 400 g/mol. The Morgan fingerprint density at radius 3 is 2.72 bits per heavy atom. The van der Waals surface area contributed by atoms with Crippen LogP contribution in [0.3, 0.4) is 0 Å². The van der Waals surface area contributed by atoms with Crippen LogP contribution in [0.4, 0.5) is 4.79 Å². The lowest BCUT2D eigenvalue weighted by Crippen LogP contribution is -2.43. The molecule has 1 heterocycles. The normalized spacial score (nSPS) is 25.6. The molecule has 2 fully saturated rings. The van der Waals surface area contributed by atoms with E-state index in [2.05, 4.69) is 28.8 Å². The standard InChI is InChI=1S/C26H38N4O2/c1-25(2,3)32-24(31)30-11-8-18(9-12-30)16-29-23-14-26(23)10-7-19-5-6-20(13-22(19)26)21(15-27)17-28-4/h5-6,13,15,17-18,23,27-29H,7-12,14,16H2,1-4H3/b21-17+,27-15?. The van der Waals surface area contributed by atoms with Gasteiger partial charge in [0.1, 0.15) is 5.60 Å². The van der Waals surface area contributed by atoms with E-state index in [9.17, 15) is 4.79 Å². The van der Waals surface area contributed by atoms with E-state index in [1.165, 1.54) is 30.2 Å². The SMILES string of the molecule is CN/C=C(\C=N)c1ccc2c(c1)C1(CC2)CC1NCC1CCN(C(=O)OC(C)(C)C)CC1. The van der Waals surface area contributed by atoms with Crippen LogP contribution in [0.5, 0.6) is 0 Å². The van der Waals surface area contributed by atoms with E-state index in [-0.39, 0.29) is 11.5 Å². The van der Waals surface area contributed by atoms with Crippen molar-refractivity contribution < 1.29 is 9.53 Å². The Morgan fingerprint density at radius 1 is 1.31 bits per heavy atom. The van der Waals surface area contributed by atoms with Crippen molar-refractivity contribution >= 4 is 17.9 Å². The van der Waals surface area contributed by atoms with Crippen LogP contribution in [0.25, 0.3) is 5.57 Å². The molecular formula is C26H38N4O2. The Morgan fingerprint density at radius 2 is 2.06 bits per heavy atom. The van der Waals surface area contributed by atoms with E-state index in [4.69, 9.17) is 10.1 Å². The summed E-state index contributed by atoms with van der Waals surface area (Å²) in [5.41, 5.74) is 4.83. The molecule has 1 saturated carbocycles. The second kappa shape index (κ2) is 8.89. The van der Waals surface area contributed by atoms with Crippen molar-refractivity contribution in [2.45, 2.75) is 69.9 Å². The highest BCUT2D eigenvalue weighted by Crippen LogP contribution is 2.57. The van der Waals surface area contributed by atoms with E-state index >= 15 is 0 Å². The summed E-state index contributed by atoms with van der Waals surface area (Å²) in [6, 6.07) is 7.26.